The Balaban J connectivity index is 3.18. The third-order valence-corrected chi connectivity index (χ3v) is 2.58. The highest BCUT2D eigenvalue weighted by atomic mass is 127. The first-order valence-corrected chi connectivity index (χ1v) is 4.81. The lowest BCUT2D eigenvalue weighted by atomic mass is 10.2. The molecule has 0 N–H and O–H groups in total. The molecule has 0 fully saturated rings. The quantitative estimate of drug-likeness (QED) is 0.575. The van der Waals surface area contributed by atoms with Crippen molar-refractivity contribution >= 4 is 39.2 Å². The number of benzene rings is 1. The maximum Gasteiger partial charge on any atom is 0.124 e. The van der Waals surface area contributed by atoms with E-state index in [1.807, 2.05) is 28.7 Å². The van der Waals surface area contributed by atoms with Crippen LogP contribution in [0.5, 0.6) is 0 Å². The van der Waals surface area contributed by atoms with Crippen molar-refractivity contribution in [3.63, 3.8) is 0 Å². The molecular formula is C9H4ClFIN. The first-order valence-electron chi connectivity index (χ1n) is 3.36. The summed E-state index contributed by atoms with van der Waals surface area (Å²) in [5.74, 6) is -0.311. The maximum absolute atomic E-state index is 12.7. The second-order valence-corrected chi connectivity index (χ2v) is 3.81. The summed E-state index contributed by atoms with van der Waals surface area (Å²) in [4.78, 5) is 0. The van der Waals surface area contributed by atoms with E-state index in [-0.39, 0.29) is 5.82 Å². The van der Waals surface area contributed by atoms with Crippen LogP contribution in [0.25, 0.3) is 5.03 Å². The number of hydrogen-bond acceptors (Lipinski definition) is 1. The molecule has 0 aliphatic carbocycles. The van der Waals surface area contributed by atoms with E-state index in [4.69, 9.17) is 16.9 Å². The summed E-state index contributed by atoms with van der Waals surface area (Å²) >= 11 is 7.74. The molecule has 13 heavy (non-hydrogen) atoms. The average Bonchev–Trinajstić information content (AvgIpc) is 2.04. The molecule has 0 bridgehead atoms. The molecule has 0 aliphatic rings. The van der Waals surface area contributed by atoms with Gasteiger partial charge in [-0.05, 0) is 40.8 Å². The number of hydrogen-bond donors (Lipinski definition) is 0. The monoisotopic (exact) mass is 307 g/mol. The molecule has 1 nitrogen and oxygen atoms in total. The van der Waals surface area contributed by atoms with Gasteiger partial charge < -0.3 is 0 Å². The third kappa shape index (κ3) is 2.68. The molecule has 0 radical (unpaired) electrons. The molecule has 1 aromatic carbocycles. The number of halogens is 3. The second kappa shape index (κ2) is 4.58. The van der Waals surface area contributed by atoms with Crippen LogP contribution in [0.2, 0.25) is 0 Å². The van der Waals surface area contributed by atoms with Gasteiger partial charge in [-0.15, -0.1) is 0 Å². The fourth-order valence-corrected chi connectivity index (χ4v) is 1.96. The van der Waals surface area contributed by atoms with E-state index in [1.165, 1.54) is 18.2 Å². The van der Waals surface area contributed by atoms with Gasteiger partial charge in [0.15, 0.2) is 0 Å². The molecule has 1 rings (SSSR count). The predicted octanol–water partition coefficient (Wildman–Crippen LogP) is 3.53. The van der Waals surface area contributed by atoms with Crippen molar-refractivity contribution < 1.29 is 4.39 Å². The van der Waals surface area contributed by atoms with E-state index in [9.17, 15) is 4.39 Å². The zero-order valence-corrected chi connectivity index (χ0v) is 9.30. The lowest BCUT2D eigenvalue weighted by molar-refractivity contribution is 0.626. The Morgan fingerprint density at radius 2 is 2.31 bits per heavy atom. The number of rotatable bonds is 1. The van der Waals surface area contributed by atoms with Crippen molar-refractivity contribution in [3.8, 4) is 6.07 Å². The zero-order chi connectivity index (χ0) is 9.84. The van der Waals surface area contributed by atoms with Gasteiger partial charge in [0.1, 0.15) is 5.82 Å². The van der Waals surface area contributed by atoms with E-state index in [1.54, 1.807) is 6.07 Å². The maximum atomic E-state index is 12.7. The Labute approximate surface area is 94.0 Å². The molecule has 0 aliphatic heterocycles. The first kappa shape index (κ1) is 10.5. The van der Waals surface area contributed by atoms with Crippen LogP contribution in [0.3, 0.4) is 0 Å². The van der Waals surface area contributed by atoms with Gasteiger partial charge in [-0.1, -0.05) is 11.6 Å². The lowest BCUT2D eigenvalue weighted by Crippen LogP contribution is -1.85. The molecule has 0 amide bonds. The Kier molecular flexibility index (Phi) is 3.70. The van der Waals surface area contributed by atoms with E-state index in [0.29, 0.717) is 14.2 Å². The standard InChI is InChI=1S/C9H4ClFIN/c10-8(3-4-13)7-2-1-6(11)5-9(7)12/h1-3,5H/b8-3-. The van der Waals surface area contributed by atoms with E-state index >= 15 is 0 Å². The number of nitrogens with zero attached hydrogens (tertiary/aromatic N) is 1. The van der Waals surface area contributed by atoms with Crippen LogP contribution in [0.1, 0.15) is 5.56 Å². The molecule has 0 spiro atoms. The second-order valence-electron chi connectivity index (χ2n) is 2.25. The molecule has 0 unspecified atom stereocenters. The van der Waals surface area contributed by atoms with E-state index in [2.05, 4.69) is 0 Å². The minimum Gasteiger partial charge on any atom is -0.207 e. The van der Waals surface area contributed by atoms with Crippen molar-refractivity contribution in [1.29, 1.82) is 5.26 Å². The summed E-state index contributed by atoms with van der Waals surface area (Å²) in [6.07, 6.45) is 1.22. The summed E-state index contributed by atoms with van der Waals surface area (Å²) in [6.45, 7) is 0. The number of nitriles is 1. The fourth-order valence-electron chi connectivity index (χ4n) is 0.818. The van der Waals surface area contributed by atoms with Crippen LogP contribution < -0.4 is 0 Å². The van der Waals surface area contributed by atoms with Gasteiger partial charge >= 0.3 is 0 Å². The van der Waals surface area contributed by atoms with E-state index in [0.717, 1.165) is 0 Å². The molecule has 0 atom stereocenters. The molecule has 1 aromatic rings. The molecule has 66 valence electrons. The van der Waals surface area contributed by atoms with Gasteiger partial charge in [0, 0.05) is 15.2 Å². The highest BCUT2D eigenvalue weighted by Gasteiger charge is 2.04. The summed E-state index contributed by atoms with van der Waals surface area (Å²) in [5, 5.41) is 8.68. The molecule has 0 saturated heterocycles. The molecule has 0 heterocycles. The van der Waals surface area contributed by atoms with Crippen molar-refractivity contribution in [2.45, 2.75) is 0 Å². The minimum atomic E-state index is -0.311. The van der Waals surface area contributed by atoms with Gasteiger partial charge in [0.2, 0.25) is 0 Å². The van der Waals surface area contributed by atoms with Gasteiger partial charge in [-0.2, -0.15) is 5.26 Å². The van der Waals surface area contributed by atoms with Crippen LogP contribution >= 0.6 is 34.2 Å². The lowest BCUT2D eigenvalue weighted by Gasteiger charge is -2.00. The molecule has 0 saturated carbocycles. The van der Waals surface area contributed by atoms with Crippen LogP contribution in [0, 0.1) is 20.7 Å². The fraction of sp³-hybridized carbons (Fsp3) is 0. The van der Waals surface area contributed by atoms with Crippen molar-refractivity contribution in [3.05, 3.63) is 39.2 Å². The van der Waals surface area contributed by atoms with Crippen molar-refractivity contribution in [1.82, 2.24) is 0 Å². The normalized spacial score (nSPS) is 11.1. The molecule has 0 aromatic heterocycles. The average molecular weight is 307 g/mol. The highest BCUT2D eigenvalue weighted by Crippen LogP contribution is 2.24. The third-order valence-electron chi connectivity index (χ3n) is 1.38. The van der Waals surface area contributed by atoms with Gasteiger partial charge in [-0.3, -0.25) is 0 Å². The minimum absolute atomic E-state index is 0.311. The summed E-state index contributed by atoms with van der Waals surface area (Å²) in [6, 6.07) is 6.04. The topological polar surface area (TPSA) is 23.8 Å². The Bertz CT molecular complexity index is 395. The molecule has 4 heteroatoms. The SMILES string of the molecule is N#C/C=C(\Cl)c1ccc(F)cc1I. The largest absolute Gasteiger partial charge is 0.207 e. The van der Waals surface area contributed by atoms with Gasteiger partial charge in [0.25, 0.3) is 0 Å². The summed E-state index contributed by atoms with van der Waals surface area (Å²) in [7, 11) is 0. The van der Waals surface area contributed by atoms with Crippen LogP contribution in [0.4, 0.5) is 4.39 Å². The van der Waals surface area contributed by atoms with Crippen molar-refractivity contribution in [2.24, 2.45) is 0 Å². The van der Waals surface area contributed by atoms with E-state index < -0.39 is 0 Å². The highest BCUT2D eigenvalue weighted by molar-refractivity contribution is 14.1. The van der Waals surface area contributed by atoms with Crippen LogP contribution in [-0.4, -0.2) is 0 Å². The Morgan fingerprint density at radius 1 is 1.62 bits per heavy atom. The van der Waals surface area contributed by atoms with Crippen LogP contribution in [-0.2, 0) is 0 Å². The summed E-state index contributed by atoms with van der Waals surface area (Å²) < 4.78 is 13.4. The predicted molar refractivity (Wildman–Crippen MR) is 58.6 cm³/mol. The molecular weight excluding hydrogens is 303 g/mol. The number of allylic oxidation sites excluding steroid dienone is 1. The summed E-state index contributed by atoms with van der Waals surface area (Å²) in [5.41, 5.74) is 0.671. The van der Waals surface area contributed by atoms with Crippen LogP contribution in [0.15, 0.2) is 24.3 Å². The Hall–Kier alpha value is -0.600. The van der Waals surface area contributed by atoms with Crippen molar-refractivity contribution in [2.75, 3.05) is 0 Å². The Morgan fingerprint density at radius 3 is 2.85 bits per heavy atom. The van der Waals surface area contributed by atoms with Gasteiger partial charge in [0.05, 0.1) is 11.1 Å². The smallest absolute Gasteiger partial charge is 0.124 e. The van der Waals surface area contributed by atoms with Gasteiger partial charge in [-0.25, -0.2) is 4.39 Å². The first-order chi connectivity index (χ1) is 6.15. The zero-order valence-electron chi connectivity index (χ0n) is 6.39.